The summed E-state index contributed by atoms with van der Waals surface area (Å²) in [5.41, 5.74) is 1.82. The average Bonchev–Trinajstić information content (AvgIpc) is 3.35. The minimum atomic E-state index is 0.0305. The molecule has 2 aliphatic heterocycles. The summed E-state index contributed by atoms with van der Waals surface area (Å²) in [6, 6.07) is 11.0. The molecule has 0 saturated carbocycles. The molecule has 1 aromatic heterocycles. The molecule has 6 nitrogen and oxygen atoms in total. The predicted octanol–water partition coefficient (Wildman–Crippen LogP) is 2.32. The van der Waals surface area contributed by atoms with E-state index < -0.39 is 0 Å². The van der Waals surface area contributed by atoms with E-state index in [1.54, 1.807) is 0 Å². The smallest absolute Gasteiger partial charge is 0.276 e. The van der Waals surface area contributed by atoms with Gasteiger partial charge in [-0.3, -0.25) is 9.69 Å². The Balaban J connectivity index is 1.34. The van der Waals surface area contributed by atoms with Gasteiger partial charge >= 0.3 is 0 Å². The van der Waals surface area contributed by atoms with E-state index in [1.807, 2.05) is 4.90 Å². The normalized spacial score (nSPS) is 22.4. The Labute approximate surface area is 148 Å². The first-order valence-corrected chi connectivity index (χ1v) is 9.24. The van der Waals surface area contributed by atoms with Gasteiger partial charge in [0.1, 0.15) is 0 Å². The van der Waals surface area contributed by atoms with Gasteiger partial charge in [-0.25, -0.2) is 0 Å². The number of hydrogen-bond acceptors (Lipinski definition) is 4. The van der Waals surface area contributed by atoms with Gasteiger partial charge < -0.3 is 4.90 Å². The van der Waals surface area contributed by atoms with Crippen LogP contribution in [0.2, 0.25) is 0 Å². The standard InChI is InChI=1S/C19H25N5O/c25-19(17-13-20-22-21-17)24-10-4-7-18(24)16-8-11-23(12-9-16)14-15-5-2-1-3-6-15/h1-3,5-6,13,16,18H,4,7-12,14H2,(H,20,21,22)/t18-/m0/s1. The summed E-state index contributed by atoms with van der Waals surface area (Å²) in [6.45, 7) is 4.10. The van der Waals surface area contributed by atoms with Crippen molar-refractivity contribution in [2.24, 2.45) is 5.92 Å². The number of piperidine rings is 1. The van der Waals surface area contributed by atoms with Crippen LogP contribution >= 0.6 is 0 Å². The van der Waals surface area contributed by atoms with Gasteiger partial charge in [-0.2, -0.15) is 15.4 Å². The number of amides is 1. The highest BCUT2D eigenvalue weighted by atomic mass is 16.2. The zero-order chi connectivity index (χ0) is 17.1. The summed E-state index contributed by atoms with van der Waals surface area (Å²) < 4.78 is 0. The fraction of sp³-hybridized carbons (Fsp3) is 0.526. The minimum Gasteiger partial charge on any atom is -0.334 e. The third-order valence-electron chi connectivity index (χ3n) is 5.62. The maximum atomic E-state index is 12.7. The Bertz CT molecular complexity index is 679. The van der Waals surface area contributed by atoms with Crippen molar-refractivity contribution in [2.75, 3.05) is 19.6 Å². The lowest BCUT2D eigenvalue weighted by Gasteiger charge is -2.38. The Hall–Kier alpha value is -2.21. The second-order valence-corrected chi connectivity index (χ2v) is 7.16. The molecule has 3 heterocycles. The van der Waals surface area contributed by atoms with Gasteiger partial charge in [0.05, 0.1) is 6.20 Å². The van der Waals surface area contributed by atoms with E-state index >= 15 is 0 Å². The Kier molecular flexibility index (Phi) is 4.78. The van der Waals surface area contributed by atoms with Crippen LogP contribution in [0.15, 0.2) is 36.5 Å². The Morgan fingerprint density at radius 2 is 1.92 bits per heavy atom. The highest BCUT2D eigenvalue weighted by Crippen LogP contribution is 2.32. The number of rotatable bonds is 4. The predicted molar refractivity (Wildman–Crippen MR) is 94.9 cm³/mol. The number of nitrogens with zero attached hydrogens (tertiary/aromatic N) is 4. The van der Waals surface area contributed by atoms with Crippen LogP contribution in [-0.4, -0.2) is 56.8 Å². The van der Waals surface area contributed by atoms with E-state index in [4.69, 9.17) is 0 Å². The van der Waals surface area contributed by atoms with Crippen LogP contribution in [0, 0.1) is 5.92 Å². The van der Waals surface area contributed by atoms with Crippen LogP contribution in [0.1, 0.15) is 41.7 Å². The van der Waals surface area contributed by atoms with Crippen molar-refractivity contribution < 1.29 is 4.79 Å². The number of carbonyl (C=O) groups excluding carboxylic acids is 1. The summed E-state index contributed by atoms with van der Waals surface area (Å²) in [6.07, 6.45) is 6.08. The molecule has 2 aromatic rings. The van der Waals surface area contributed by atoms with Gasteiger partial charge in [0.2, 0.25) is 0 Å². The van der Waals surface area contributed by atoms with Gasteiger partial charge in [-0.05, 0) is 50.3 Å². The SMILES string of the molecule is O=C(c1cn[nH]n1)N1CCC[C@H]1C1CCN(Cc2ccccc2)CC1. The molecule has 2 aliphatic rings. The van der Waals surface area contributed by atoms with Gasteiger partial charge in [0, 0.05) is 19.1 Å². The second kappa shape index (κ2) is 7.35. The van der Waals surface area contributed by atoms with Crippen molar-refractivity contribution in [3.05, 3.63) is 47.8 Å². The third-order valence-corrected chi connectivity index (χ3v) is 5.62. The molecule has 2 saturated heterocycles. The topological polar surface area (TPSA) is 65.1 Å². The number of carbonyl (C=O) groups is 1. The molecular weight excluding hydrogens is 314 g/mol. The van der Waals surface area contributed by atoms with Crippen molar-refractivity contribution >= 4 is 5.91 Å². The quantitative estimate of drug-likeness (QED) is 0.928. The second-order valence-electron chi connectivity index (χ2n) is 7.16. The van der Waals surface area contributed by atoms with Crippen LogP contribution in [0.25, 0.3) is 0 Å². The fourth-order valence-electron chi connectivity index (χ4n) is 4.32. The van der Waals surface area contributed by atoms with Crippen LogP contribution in [-0.2, 0) is 6.54 Å². The van der Waals surface area contributed by atoms with E-state index in [-0.39, 0.29) is 5.91 Å². The minimum absolute atomic E-state index is 0.0305. The zero-order valence-electron chi connectivity index (χ0n) is 14.5. The Morgan fingerprint density at radius 1 is 1.12 bits per heavy atom. The van der Waals surface area contributed by atoms with Crippen molar-refractivity contribution in [1.82, 2.24) is 25.2 Å². The lowest BCUT2D eigenvalue weighted by molar-refractivity contribution is 0.0608. The lowest BCUT2D eigenvalue weighted by atomic mass is 9.87. The first-order valence-electron chi connectivity index (χ1n) is 9.24. The molecule has 1 amide bonds. The molecule has 0 unspecified atom stereocenters. The van der Waals surface area contributed by atoms with Gasteiger partial charge in [0.15, 0.2) is 5.69 Å². The molecule has 1 N–H and O–H groups in total. The zero-order valence-corrected chi connectivity index (χ0v) is 14.5. The number of benzene rings is 1. The average molecular weight is 339 g/mol. The van der Waals surface area contributed by atoms with Gasteiger partial charge in [0.25, 0.3) is 5.91 Å². The molecule has 0 spiro atoms. The summed E-state index contributed by atoms with van der Waals surface area (Å²) in [7, 11) is 0. The van der Waals surface area contributed by atoms with Gasteiger partial charge in [-0.1, -0.05) is 30.3 Å². The monoisotopic (exact) mass is 339 g/mol. The molecule has 6 heteroatoms. The summed E-state index contributed by atoms with van der Waals surface area (Å²) in [5, 5.41) is 10.3. The fourth-order valence-corrected chi connectivity index (χ4v) is 4.32. The molecule has 132 valence electrons. The molecule has 0 radical (unpaired) electrons. The van der Waals surface area contributed by atoms with E-state index in [9.17, 15) is 4.79 Å². The van der Waals surface area contributed by atoms with E-state index in [2.05, 4.69) is 50.6 Å². The number of hydrogen-bond donors (Lipinski definition) is 1. The summed E-state index contributed by atoms with van der Waals surface area (Å²) in [4.78, 5) is 17.2. The summed E-state index contributed by atoms with van der Waals surface area (Å²) in [5.74, 6) is 0.633. The molecule has 2 fully saturated rings. The first kappa shape index (κ1) is 16.3. The molecule has 4 rings (SSSR count). The van der Waals surface area contributed by atoms with Crippen LogP contribution < -0.4 is 0 Å². The highest BCUT2D eigenvalue weighted by molar-refractivity contribution is 5.92. The molecule has 25 heavy (non-hydrogen) atoms. The van der Waals surface area contributed by atoms with Crippen LogP contribution in [0.4, 0.5) is 0 Å². The van der Waals surface area contributed by atoms with Crippen molar-refractivity contribution in [3.63, 3.8) is 0 Å². The molecule has 0 bridgehead atoms. The maximum absolute atomic E-state index is 12.7. The highest BCUT2D eigenvalue weighted by Gasteiger charge is 2.37. The molecule has 1 aromatic carbocycles. The van der Waals surface area contributed by atoms with Crippen molar-refractivity contribution in [1.29, 1.82) is 0 Å². The largest absolute Gasteiger partial charge is 0.334 e. The Morgan fingerprint density at radius 3 is 2.64 bits per heavy atom. The van der Waals surface area contributed by atoms with Gasteiger partial charge in [-0.15, -0.1) is 0 Å². The number of H-pyrrole nitrogens is 1. The summed E-state index contributed by atoms with van der Waals surface area (Å²) >= 11 is 0. The van der Waals surface area contributed by atoms with E-state index in [0.29, 0.717) is 17.7 Å². The van der Waals surface area contributed by atoms with Crippen LogP contribution in [0.3, 0.4) is 0 Å². The third kappa shape index (κ3) is 3.58. The van der Waals surface area contributed by atoms with E-state index in [1.165, 1.54) is 24.6 Å². The van der Waals surface area contributed by atoms with Crippen LogP contribution in [0.5, 0.6) is 0 Å². The van der Waals surface area contributed by atoms with E-state index in [0.717, 1.165) is 39.0 Å². The lowest BCUT2D eigenvalue weighted by Crippen LogP contribution is -2.44. The van der Waals surface area contributed by atoms with Crippen molar-refractivity contribution in [2.45, 2.75) is 38.3 Å². The molecule has 1 atom stereocenters. The molecule has 0 aliphatic carbocycles. The number of likely N-dealkylation sites (tertiary alicyclic amines) is 2. The molecular formula is C19H25N5O. The number of aromatic amines is 1. The number of nitrogens with one attached hydrogen (secondary N) is 1. The number of aromatic nitrogens is 3. The van der Waals surface area contributed by atoms with Crippen molar-refractivity contribution in [3.8, 4) is 0 Å². The maximum Gasteiger partial charge on any atom is 0.276 e. The first-order chi connectivity index (χ1) is 12.3.